The highest BCUT2D eigenvalue weighted by atomic mass is 35.5. The summed E-state index contributed by atoms with van der Waals surface area (Å²) in [5.41, 5.74) is 4.76. The van der Waals surface area contributed by atoms with Crippen molar-refractivity contribution in [3.63, 3.8) is 0 Å². The molecule has 0 unspecified atom stereocenters. The van der Waals surface area contributed by atoms with Crippen LogP contribution in [0.4, 0.5) is 17.1 Å². The normalized spacial score (nSPS) is 13.4. The van der Waals surface area contributed by atoms with Gasteiger partial charge in [0.15, 0.2) is 0 Å². The molecule has 0 saturated carbocycles. The molecule has 0 aliphatic carbocycles. The molecule has 1 aliphatic rings. The molecule has 59 heavy (non-hydrogen) atoms. The number of carbonyl (C=O) groups excluding carboxylic acids is 1. The van der Waals surface area contributed by atoms with E-state index in [-0.39, 0.29) is 17.0 Å². The van der Waals surface area contributed by atoms with Gasteiger partial charge in [0.2, 0.25) is 0 Å². The number of amides is 1. The van der Waals surface area contributed by atoms with Crippen LogP contribution in [0.2, 0.25) is 5.02 Å². The van der Waals surface area contributed by atoms with E-state index in [1.165, 1.54) is 23.8 Å². The van der Waals surface area contributed by atoms with E-state index < -0.39 is 31.4 Å². The summed E-state index contributed by atoms with van der Waals surface area (Å²) < 4.78 is 35.7. The fourth-order valence-electron chi connectivity index (χ4n) is 7.03. The van der Waals surface area contributed by atoms with Crippen LogP contribution in [0.25, 0.3) is 22.0 Å². The molecule has 304 valence electrons. The highest BCUT2D eigenvalue weighted by Gasteiger charge is 2.27. The van der Waals surface area contributed by atoms with Crippen LogP contribution >= 0.6 is 11.6 Å². The van der Waals surface area contributed by atoms with E-state index in [0.717, 1.165) is 66.4 Å². The second-order valence-electron chi connectivity index (χ2n) is 14.5. The molecule has 1 fully saturated rings. The van der Waals surface area contributed by atoms with Gasteiger partial charge in [-0.2, -0.15) is 0 Å². The van der Waals surface area contributed by atoms with Crippen molar-refractivity contribution in [1.29, 1.82) is 0 Å². The third kappa shape index (κ3) is 10.2. The minimum atomic E-state index is -4.54. The van der Waals surface area contributed by atoms with Crippen molar-refractivity contribution in [3.05, 3.63) is 148 Å². The molecule has 2 heterocycles. The van der Waals surface area contributed by atoms with Gasteiger partial charge in [-0.3, -0.25) is 24.8 Å². The average molecular weight is 834 g/mol. The number of pyridine rings is 1. The van der Waals surface area contributed by atoms with Crippen molar-refractivity contribution in [2.45, 2.75) is 17.9 Å². The van der Waals surface area contributed by atoms with Crippen LogP contribution in [0.1, 0.15) is 22.3 Å². The van der Waals surface area contributed by atoms with E-state index in [9.17, 15) is 23.3 Å². The number of piperazine rings is 1. The quantitative estimate of drug-likeness (QED) is 0.0588. The third-order valence-corrected chi connectivity index (χ3v) is 11.7. The second kappa shape index (κ2) is 18.2. The van der Waals surface area contributed by atoms with E-state index in [1.807, 2.05) is 67.5 Å². The van der Waals surface area contributed by atoms with E-state index >= 15 is 0 Å². The smallest absolute Gasteiger partial charge is 0.293 e. The Balaban J connectivity index is 1.10. The minimum Gasteiger partial charge on any atom is -0.456 e. The zero-order valence-corrected chi connectivity index (χ0v) is 34.2. The lowest BCUT2D eigenvalue weighted by Gasteiger charge is -2.36. The van der Waals surface area contributed by atoms with E-state index in [2.05, 4.69) is 37.0 Å². The maximum absolute atomic E-state index is 13.9. The zero-order chi connectivity index (χ0) is 41.5. The Morgan fingerprint density at radius 3 is 2.46 bits per heavy atom. The van der Waals surface area contributed by atoms with Gasteiger partial charge >= 0.3 is 0 Å². The number of ether oxygens (including phenoxy) is 1. The van der Waals surface area contributed by atoms with Gasteiger partial charge in [-0.25, -0.2) is 13.1 Å². The van der Waals surface area contributed by atoms with Gasteiger partial charge in [0.1, 0.15) is 17.2 Å². The van der Waals surface area contributed by atoms with Crippen LogP contribution in [0.3, 0.4) is 0 Å². The summed E-state index contributed by atoms with van der Waals surface area (Å²) in [4.78, 5) is 35.7. The molecule has 0 spiro atoms. The third-order valence-electron chi connectivity index (χ3n) is 10.1. The first-order valence-corrected chi connectivity index (χ1v) is 21.0. The van der Waals surface area contributed by atoms with Crippen LogP contribution in [0.5, 0.6) is 11.5 Å². The number of hydrogen-bond donors (Lipinski definition) is 2. The van der Waals surface area contributed by atoms with Crippen molar-refractivity contribution < 1.29 is 22.9 Å². The van der Waals surface area contributed by atoms with Crippen molar-refractivity contribution in [3.8, 4) is 22.6 Å². The first-order chi connectivity index (χ1) is 28.4. The lowest BCUT2D eigenvalue weighted by molar-refractivity contribution is -0.384. The lowest BCUT2D eigenvalue weighted by atomic mass is 9.99. The Morgan fingerprint density at radius 1 is 0.915 bits per heavy atom. The predicted octanol–water partition coefficient (Wildman–Crippen LogP) is 8.06. The van der Waals surface area contributed by atoms with Crippen LogP contribution in [-0.4, -0.2) is 87.4 Å². The summed E-state index contributed by atoms with van der Waals surface area (Å²) in [7, 11) is -0.693. The fourth-order valence-corrected chi connectivity index (χ4v) is 8.14. The number of anilines is 2. The number of nitro benzene ring substituents is 1. The molecule has 7 rings (SSSR count). The molecule has 6 aromatic rings. The number of nitrogens with one attached hydrogen (secondary N) is 2. The summed E-state index contributed by atoms with van der Waals surface area (Å²) in [5, 5.41) is 16.5. The molecule has 1 saturated heterocycles. The molecule has 0 bridgehead atoms. The number of nitro groups is 1. The van der Waals surface area contributed by atoms with E-state index in [1.54, 1.807) is 36.5 Å². The summed E-state index contributed by atoms with van der Waals surface area (Å²) >= 11 is 6.15. The molecule has 2 N–H and O–H groups in total. The fraction of sp³-hybridized carbons (Fsp3) is 0.227. The Kier molecular flexibility index (Phi) is 12.7. The number of hydrogen-bond acceptors (Lipinski definition) is 11. The molecule has 13 nitrogen and oxygen atoms in total. The molecular weight excluding hydrogens is 790 g/mol. The van der Waals surface area contributed by atoms with E-state index in [4.69, 9.17) is 16.3 Å². The Hall–Kier alpha value is -6.06. The zero-order valence-electron chi connectivity index (χ0n) is 32.7. The van der Waals surface area contributed by atoms with Crippen LogP contribution < -0.4 is 19.7 Å². The maximum Gasteiger partial charge on any atom is 0.293 e. The highest BCUT2D eigenvalue weighted by molar-refractivity contribution is 7.90. The number of benzene rings is 5. The van der Waals surface area contributed by atoms with Gasteiger partial charge in [-0.15, -0.1) is 0 Å². The Bertz CT molecular complexity index is 2580. The molecule has 1 aliphatic heterocycles. The number of nitrogens with zero attached hydrogens (tertiary/aromatic N) is 5. The number of sulfonamides is 1. The summed E-state index contributed by atoms with van der Waals surface area (Å²) in [5.74, 6) is -0.388. The number of halogens is 1. The SMILES string of the molecule is CN(C)CCCNc1ccc(S(=O)(=O)NC(=O)c2ccc(N3CCN(Cc4ccccc4-c4ccc(Cl)cc4)CC3)cc2Oc2ccc3ncccc3c2)cc1[N+](=O)[O-]. The van der Waals surface area contributed by atoms with Gasteiger partial charge in [0.05, 0.1) is 20.9 Å². The molecule has 0 atom stereocenters. The number of rotatable bonds is 15. The van der Waals surface area contributed by atoms with Crippen LogP contribution in [0, 0.1) is 10.1 Å². The molecule has 5 aromatic carbocycles. The van der Waals surface area contributed by atoms with Crippen LogP contribution in [-0.2, 0) is 16.6 Å². The first-order valence-electron chi connectivity index (χ1n) is 19.2. The standard InChI is InChI=1S/C44H44ClN7O6S/c1-49(2)22-6-21-47-41-19-16-37(29-42(41)52(54)55)59(56,57)48-44(53)39-17-14-35(28-43(39)58-36-15-18-40-32(27-36)8-5-20-46-40)51-25-23-50(24-26-51)30-33-7-3-4-9-38(33)31-10-12-34(45)13-11-31/h3-5,7-20,27-29,47H,6,21-26,30H2,1-2H3,(H,48,53). The summed E-state index contributed by atoms with van der Waals surface area (Å²) in [6, 6.07) is 33.8. The van der Waals surface area contributed by atoms with Gasteiger partial charge in [-0.1, -0.05) is 54.1 Å². The first kappa shape index (κ1) is 41.1. The predicted molar refractivity (Wildman–Crippen MR) is 232 cm³/mol. The van der Waals surface area contributed by atoms with Gasteiger partial charge in [0.25, 0.3) is 21.6 Å². The van der Waals surface area contributed by atoms with Gasteiger partial charge in [-0.05, 0) is 104 Å². The average Bonchev–Trinajstić information content (AvgIpc) is 3.23. The van der Waals surface area contributed by atoms with E-state index in [0.29, 0.717) is 30.4 Å². The molecular formula is C44H44ClN7O6S. The Labute approximate surface area is 348 Å². The van der Waals surface area contributed by atoms with Crippen molar-refractivity contribution in [1.82, 2.24) is 19.5 Å². The molecule has 0 radical (unpaired) electrons. The number of aromatic nitrogens is 1. The summed E-state index contributed by atoms with van der Waals surface area (Å²) in [6.07, 6.45) is 2.41. The summed E-state index contributed by atoms with van der Waals surface area (Å²) in [6.45, 7) is 4.93. The van der Waals surface area contributed by atoms with Crippen molar-refractivity contribution >= 4 is 55.5 Å². The van der Waals surface area contributed by atoms with Gasteiger partial charge in [0, 0.05) is 73.7 Å². The molecule has 1 amide bonds. The number of carbonyl (C=O) groups is 1. The van der Waals surface area contributed by atoms with Gasteiger partial charge < -0.3 is 19.9 Å². The Morgan fingerprint density at radius 2 is 1.69 bits per heavy atom. The van der Waals surface area contributed by atoms with Crippen LogP contribution in [0.15, 0.2) is 126 Å². The number of fused-ring (bicyclic) bond motifs is 1. The second-order valence-corrected chi connectivity index (χ2v) is 16.6. The minimum absolute atomic E-state index is 0.0327. The monoisotopic (exact) mass is 833 g/mol. The van der Waals surface area contributed by atoms with Crippen molar-refractivity contribution in [2.24, 2.45) is 0 Å². The topological polar surface area (TPSA) is 150 Å². The molecule has 15 heteroatoms. The molecule has 1 aromatic heterocycles. The largest absolute Gasteiger partial charge is 0.456 e. The lowest BCUT2D eigenvalue weighted by Crippen LogP contribution is -2.46. The highest BCUT2D eigenvalue weighted by Crippen LogP contribution is 2.34. The van der Waals surface area contributed by atoms with Crippen molar-refractivity contribution in [2.75, 3.05) is 63.6 Å². The maximum atomic E-state index is 13.9.